The topological polar surface area (TPSA) is 121 Å². The van der Waals surface area contributed by atoms with Crippen LogP contribution in [0, 0.1) is 10.8 Å². The molecule has 2 N–H and O–H groups in total. The number of rotatable bonds is 14. The van der Waals surface area contributed by atoms with E-state index in [0.29, 0.717) is 42.0 Å². The van der Waals surface area contributed by atoms with Gasteiger partial charge < -0.3 is 24.8 Å². The van der Waals surface area contributed by atoms with Gasteiger partial charge in [-0.1, -0.05) is 42.5 Å². The highest BCUT2D eigenvalue weighted by molar-refractivity contribution is 6.19. The molecule has 2 aromatic carbocycles. The minimum atomic E-state index is -1.69. The highest BCUT2D eigenvalue weighted by Crippen LogP contribution is 2.62. The number of esters is 1. The molecule has 47 heavy (non-hydrogen) atoms. The molecular formula is C38H45N3O6. The lowest BCUT2D eigenvalue weighted by Crippen LogP contribution is -2.55. The number of amides is 1. The van der Waals surface area contributed by atoms with Gasteiger partial charge in [0, 0.05) is 42.6 Å². The van der Waals surface area contributed by atoms with Crippen LogP contribution in [0.15, 0.2) is 79.9 Å². The summed E-state index contributed by atoms with van der Waals surface area (Å²) >= 11 is 0. The highest BCUT2D eigenvalue weighted by atomic mass is 16.5. The molecule has 0 aliphatic heterocycles. The van der Waals surface area contributed by atoms with Gasteiger partial charge in [-0.25, -0.2) is 4.98 Å². The van der Waals surface area contributed by atoms with E-state index in [-0.39, 0.29) is 37.8 Å². The Bertz CT molecular complexity index is 1690. The van der Waals surface area contributed by atoms with Gasteiger partial charge in [-0.3, -0.25) is 14.4 Å². The van der Waals surface area contributed by atoms with Crippen molar-refractivity contribution in [2.24, 2.45) is 16.6 Å². The number of fused-ring (bicyclic) bond motifs is 1. The number of carbonyl (C=O) groups excluding carboxylic acids is 3. The number of benzene rings is 2. The molecule has 3 aromatic rings. The van der Waals surface area contributed by atoms with E-state index < -0.39 is 34.2 Å². The van der Waals surface area contributed by atoms with E-state index in [4.69, 9.17) is 24.9 Å². The standard InChI is InChI=1S/C38H45N3O6/c1-7-10-14-25(4)41(5)34(43)36(33(42)38(35(44)46-9-3)24-37(38,39)8-2)20-19-28(23-36)47-32-22-30(26-15-12-11-13-16-26)40-31-21-27(45-6)17-18-29(31)32/h7-8,11-13,15-18,21-22,25,28H,1-2,9-10,14,19-20,23-24,39H2,3-6H3. The molecule has 0 radical (unpaired) electrons. The summed E-state index contributed by atoms with van der Waals surface area (Å²) in [5.41, 5.74) is 4.34. The molecule has 5 unspecified atom stereocenters. The van der Waals surface area contributed by atoms with Gasteiger partial charge in [-0.05, 0) is 58.1 Å². The van der Waals surface area contributed by atoms with Gasteiger partial charge >= 0.3 is 5.97 Å². The number of nitrogens with two attached hydrogens (primary N) is 1. The smallest absolute Gasteiger partial charge is 0.321 e. The first-order chi connectivity index (χ1) is 22.5. The maximum Gasteiger partial charge on any atom is 0.321 e. The van der Waals surface area contributed by atoms with Crippen LogP contribution in [0.5, 0.6) is 11.5 Å². The van der Waals surface area contributed by atoms with Gasteiger partial charge in [0.15, 0.2) is 11.2 Å². The fourth-order valence-corrected chi connectivity index (χ4v) is 6.98. The van der Waals surface area contributed by atoms with E-state index in [1.807, 2.05) is 61.5 Å². The van der Waals surface area contributed by atoms with Crippen molar-refractivity contribution in [1.82, 2.24) is 9.88 Å². The number of carbonyl (C=O) groups is 3. The molecule has 1 heterocycles. The Morgan fingerprint density at radius 2 is 1.89 bits per heavy atom. The molecule has 0 spiro atoms. The van der Waals surface area contributed by atoms with E-state index in [1.54, 1.807) is 32.1 Å². The van der Waals surface area contributed by atoms with Crippen LogP contribution in [-0.2, 0) is 19.1 Å². The van der Waals surface area contributed by atoms with Crippen molar-refractivity contribution in [3.05, 3.63) is 79.9 Å². The number of Topliss-reactive ketones (excluding diaryl/α,β-unsaturated/α-hetero) is 1. The number of hydrogen-bond acceptors (Lipinski definition) is 8. The maximum absolute atomic E-state index is 14.9. The van der Waals surface area contributed by atoms with E-state index in [0.717, 1.165) is 10.9 Å². The first-order valence-electron chi connectivity index (χ1n) is 16.2. The number of allylic oxidation sites excluding steroid dienone is 1. The van der Waals surface area contributed by atoms with Crippen molar-refractivity contribution in [1.29, 1.82) is 0 Å². The lowest BCUT2D eigenvalue weighted by atomic mass is 9.71. The molecule has 9 heteroatoms. The minimum Gasteiger partial charge on any atom is -0.497 e. The fraction of sp³-hybridized carbons (Fsp3) is 0.421. The minimum absolute atomic E-state index is 0.0364. The first kappa shape index (κ1) is 33.9. The molecule has 0 saturated heterocycles. The van der Waals surface area contributed by atoms with Crippen LogP contribution in [0.25, 0.3) is 22.2 Å². The van der Waals surface area contributed by atoms with Crippen LogP contribution in [0.1, 0.15) is 52.4 Å². The third kappa shape index (κ3) is 5.93. The summed E-state index contributed by atoms with van der Waals surface area (Å²) < 4.78 is 17.6. The molecule has 2 saturated carbocycles. The predicted octanol–water partition coefficient (Wildman–Crippen LogP) is 6.05. The number of hydrogen-bond donors (Lipinski definition) is 1. The first-order valence-corrected chi connectivity index (χ1v) is 16.2. The van der Waals surface area contributed by atoms with Crippen molar-refractivity contribution in [2.45, 2.75) is 70.1 Å². The van der Waals surface area contributed by atoms with Crippen molar-refractivity contribution < 1.29 is 28.6 Å². The number of methoxy groups -OCH3 is 1. The Balaban J connectivity index is 1.55. The van der Waals surface area contributed by atoms with Crippen LogP contribution >= 0.6 is 0 Å². The lowest BCUT2D eigenvalue weighted by molar-refractivity contribution is -0.161. The van der Waals surface area contributed by atoms with Gasteiger partial charge in [0.1, 0.15) is 23.0 Å². The number of ketones is 1. The molecule has 1 aromatic heterocycles. The number of pyridine rings is 1. The van der Waals surface area contributed by atoms with Crippen LogP contribution < -0.4 is 15.2 Å². The number of nitrogens with zero attached hydrogens (tertiary/aromatic N) is 2. The second kappa shape index (κ2) is 13.3. The van der Waals surface area contributed by atoms with Gasteiger partial charge in [0.05, 0.1) is 30.5 Å². The van der Waals surface area contributed by atoms with Gasteiger partial charge in [-0.2, -0.15) is 0 Å². The average Bonchev–Trinajstić information content (AvgIpc) is 3.52. The molecule has 5 atom stereocenters. The number of aromatic nitrogens is 1. The molecule has 9 nitrogen and oxygen atoms in total. The quantitative estimate of drug-likeness (QED) is 0.129. The summed E-state index contributed by atoms with van der Waals surface area (Å²) in [6.45, 7) is 11.3. The van der Waals surface area contributed by atoms with Crippen LogP contribution in [0.3, 0.4) is 0 Å². The summed E-state index contributed by atoms with van der Waals surface area (Å²) in [7, 11) is 3.31. The molecule has 2 fully saturated rings. The lowest BCUT2D eigenvalue weighted by Gasteiger charge is -2.37. The third-order valence-corrected chi connectivity index (χ3v) is 10.0. The molecular weight excluding hydrogens is 594 g/mol. The predicted molar refractivity (Wildman–Crippen MR) is 182 cm³/mol. The van der Waals surface area contributed by atoms with Crippen LogP contribution in [0.4, 0.5) is 0 Å². The average molecular weight is 640 g/mol. The van der Waals surface area contributed by atoms with Crippen molar-refractivity contribution >= 4 is 28.6 Å². The third-order valence-electron chi connectivity index (χ3n) is 10.0. The Hall–Kier alpha value is -4.50. The zero-order valence-corrected chi connectivity index (χ0v) is 27.8. The van der Waals surface area contributed by atoms with Crippen molar-refractivity contribution in [3.8, 4) is 22.8 Å². The van der Waals surface area contributed by atoms with Crippen molar-refractivity contribution in [2.75, 3.05) is 20.8 Å². The zero-order valence-electron chi connectivity index (χ0n) is 27.8. The van der Waals surface area contributed by atoms with E-state index >= 15 is 0 Å². The molecule has 2 aliphatic rings. The van der Waals surface area contributed by atoms with E-state index in [2.05, 4.69) is 13.2 Å². The maximum atomic E-state index is 14.9. The van der Waals surface area contributed by atoms with E-state index in [1.165, 1.54) is 6.08 Å². The van der Waals surface area contributed by atoms with E-state index in [9.17, 15) is 14.4 Å². The normalized spacial score (nSPS) is 25.4. The zero-order chi connectivity index (χ0) is 34.0. The summed E-state index contributed by atoms with van der Waals surface area (Å²) in [6.07, 6.45) is 4.85. The summed E-state index contributed by atoms with van der Waals surface area (Å²) in [5.74, 6) is -0.337. The molecule has 5 rings (SSSR count). The molecule has 1 amide bonds. The Kier molecular flexibility index (Phi) is 9.59. The second-order valence-corrected chi connectivity index (χ2v) is 12.8. The SMILES string of the molecule is C=CCCC(C)N(C)C(=O)C1(C(=O)C2(C(=O)OCC)CC2(N)C=C)CCC(Oc2cc(-c3ccccc3)nc3cc(OC)ccc23)C1. The summed E-state index contributed by atoms with van der Waals surface area (Å²) in [5, 5.41) is 0.772. The second-order valence-electron chi connectivity index (χ2n) is 12.8. The largest absolute Gasteiger partial charge is 0.497 e. The Labute approximate surface area is 276 Å². The summed E-state index contributed by atoms with van der Waals surface area (Å²) in [4.78, 5) is 49.5. The molecule has 0 bridgehead atoms. The van der Waals surface area contributed by atoms with Gasteiger partial charge in [0.2, 0.25) is 5.91 Å². The number of ether oxygens (including phenoxy) is 3. The highest BCUT2D eigenvalue weighted by Gasteiger charge is 2.78. The monoisotopic (exact) mass is 639 g/mol. The van der Waals surface area contributed by atoms with Crippen LogP contribution in [0.2, 0.25) is 0 Å². The Morgan fingerprint density at radius 1 is 1.15 bits per heavy atom. The fourth-order valence-electron chi connectivity index (χ4n) is 6.98. The van der Waals surface area contributed by atoms with Gasteiger partial charge in [-0.15, -0.1) is 13.2 Å². The Morgan fingerprint density at radius 3 is 2.53 bits per heavy atom. The molecule has 248 valence electrons. The van der Waals surface area contributed by atoms with Crippen LogP contribution in [-0.4, -0.2) is 66.0 Å². The van der Waals surface area contributed by atoms with Crippen molar-refractivity contribution in [3.63, 3.8) is 0 Å². The summed E-state index contributed by atoms with van der Waals surface area (Å²) in [6, 6.07) is 17.1. The molecule has 2 aliphatic carbocycles. The van der Waals surface area contributed by atoms with Gasteiger partial charge in [0.25, 0.3) is 0 Å².